The SMILES string of the molecule is C=Cc1ccccc1/C(=C\C)C(F)=C(F)F.CC. The van der Waals surface area contributed by atoms with Crippen LogP contribution in [-0.4, -0.2) is 0 Å². The molecule has 0 atom stereocenters. The van der Waals surface area contributed by atoms with Gasteiger partial charge in [-0.15, -0.1) is 0 Å². The second kappa shape index (κ2) is 8.34. The fraction of sp³-hybridized carbons (Fsp3) is 0.200. The molecule has 0 aliphatic heterocycles. The Kier molecular flexibility index (Phi) is 7.52. The van der Waals surface area contributed by atoms with Crippen LogP contribution in [0.15, 0.2) is 48.8 Å². The predicted molar refractivity (Wildman–Crippen MR) is 71.9 cm³/mol. The van der Waals surface area contributed by atoms with Crippen LogP contribution in [-0.2, 0) is 0 Å². The number of rotatable bonds is 3. The molecule has 0 spiro atoms. The van der Waals surface area contributed by atoms with Gasteiger partial charge >= 0.3 is 6.08 Å². The summed E-state index contributed by atoms with van der Waals surface area (Å²) in [4.78, 5) is 0. The summed E-state index contributed by atoms with van der Waals surface area (Å²) in [6.45, 7) is 9.07. The van der Waals surface area contributed by atoms with Gasteiger partial charge in [-0.05, 0) is 18.1 Å². The number of benzene rings is 1. The third-order valence-corrected chi connectivity index (χ3v) is 2.16. The van der Waals surface area contributed by atoms with Gasteiger partial charge in [0.15, 0.2) is 5.83 Å². The van der Waals surface area contributed by atoms with E-state index in [9.17, 15) is 13.2 Å². The average molecular weight is 254 g/mol. The van der Waals surface area contributed by atoms with Gasteiger partial charge in [0.2, 0.25) is 0 Å². The van der Waals surface area contributed by atoms with Crippen molar-refractivity contribution >= 4 is 11.6 Å². The zero-order valence-corrected chi connectivity index (χ0v) is 10.8. The lowest BCUT2D eigenvalue weighted by molar-refractivity contribution is 0.389. The molecule has 3 heteroatoms. The van der Waals surface area contributed by atoms with Gasteiger partial charge < -0.3 is 0 Å². The van der Waals surface area contributed by atoms with Crippen LogP contribution in [0.3, 0.4) is 0 Å². The smallest absolute Gasteiger partial charge is 0.200 e. The Morgan fingerprint density at radius 2 is 1.67 bits per heavy atom. The van der Waals surface area contributed by atoms with Crippen molar-refractivity contribution in [2.45, 2.75) is 20.8 Å². The molecule has 0 radical (unpaired) electrons. The normalized spacial score (nSPS) is 10.2. The Balaban J connectivity index is 0.00000137. The van der Waals surface area contributed by atoms with Gasteiger partial charge in [-0.2, -0.15) is 8.78 Å². The van der Waals surface area contributed by atoms with Crippen LogP contribution >= 0.6 is 0 Å². The first-order valence-corrected chi connectivity index (χ1v) is 5.71. The highest BCUT2D eigenvalue weighted by molar-refractivity contribution is 5.82. The predicted octanol–water partition coefficient (Wildman–Crippen LogP) is 5.84. The van der Waals surface area contributed by atoms with Crippen molar-refractivity contribution < 1.29 is 13.2 Å². The van der Waals surface area contributed by atoms with Gasteiger partial charge in [0.1, 0.15) is 0 Å². The summed E-state index contributed by atoms with van der Waals surface area (Å²) in [5.74, 6) is -1.49. The summed E-state index contributed by atoms with van der Waals surface area (Å²) < 4.78 is 37.7. The molecule has 0 aliphatic rings. The van der Waals surface area contributed by atoms with E-state index in [2.05, 4.69) is 6.58 Å². The van der Waals surface area contributed by atoms with Crippen LogP contribution in [0.2, 0.25) is 0 Å². The molecule has 98 valence electrons. The minimum absolute atomic E-state index is 0.115. The van der Waals surface area contributed by atoms with E-state index < -0.39 is 11.9 Å². The Morgan fingerprint density at radius 1 is 1.11 bits per heavy atom. The Labute approximate surface area is 106 Å². The van der Waals surface area contributed by atoms with E-state index in [4.69, 9.17) is 0 Å². The van der Waals surface area contributed by atoms with Crippen molar-refractivity contribution in [2.24, 2.45) is 0 Å². The molecule has 0 saturated heterocycles. The molecule has 0 aromatic heterocycles. The lowest BCUT2D eigenvalue weighted by atomic mass is 9.99. The van der Waals surface area contributed by atoms with Crippen LogP contribution in [0.25, 0.3) is 11.6 Å². The van der Waals surface area contributed by atoms with Crippen molar-refractivity contribution in [1.82, 2.24) is 0 Å². The van der Waals surface area contributed by atoms with Gasteiger partial charge in [0, 0.05) is 5.57 Å². The van der Waals surface area contributed by atoms with Crippen LogP contribution in [0, 0.1) is 0 Å². The van der Waals surface area contributed by atoms with Gasteiger partial charge in [0.25, 0.3) is 0 Å². The maximum absolute atomic E-state index is 13.2. The van der Waals surface area contributed by atoms with E-state index in [1.807, 2.05) is 13.8 Å². The highest BCUT2D eigenvalue weighted by Gasteiger charge is 2.14. The summed E-state index contributed by atoms with van der Waals surface area (Å²) in [5, 5.41) is 0. The number of allylic oxidation sites excluding steroid dienone is 3. The number of hydrogen-bond donors (Lipinski definition) is 0. The third kappa shape index (κ3) is 3.91. The van der Waals surface area contributed by atoms with Crippen LogP contribution in [0.5, 0.6) is 0 Å². The van der Waals surface area contributed by atoms with Gasteiger partial charge in [0.05, 0.1) is 0 Å². The molecule has 1 rings (SSSR count). The minimum Gasteiger partial charge on any atom is -0.200 e. The average Bonchev–Trinajstić information content (AvgIpc) is 2.42. The Morgan fingerprint density at radius 3 is 2.11 bits per heavy atom. The molecule has 1 aromatic carbocycles. The minimum atomic E-state index is -2.31. The first-order chi connectivity index (χ1) is 8.61. The summed E-state index contributed by atoms with van der Waals surface area (Å²) in [6, 6.07) is 6.67. The van der Waals surface area contributed by atoms with Crippen LogP contribution < -0.4 is 0 Å². The van der Waals surface area contributed by atoms with E-state index in [1.54, 1.807) is 24.3 Å². The monoisotopic (exact) mass is 254 g/mol. The Bertz CT molecular complexity index is 453. The van der Waals surface area contributed by atoms with E-state index in [1.165, 1.54) is 19.1 Å². The van der Waals surface area contributed by atoms with E-state index in [0.29, 0.717) is 11.1 Å². The molecule has 0 amide bonds. The van der Waals surface area contributed by atoms with Crippen molar-refractivity contribution in [3.8, 4) is 0 Å². The van der Waals surface area contributed by atoms with E-state index in [-0.39, 0.29) is 5.57 Å². The quantitative estimate of drug-likeness (QED) is 0.595. The molecular weight excluding hydrogens is 237 g/mol. The van der Waals surface area contributed by atoms with Crippen LogP contribution in [0.4, 0.5) is 13.2 Å². The molecule has 0 unspecified atom stereocenters. The third-order valence-electron chi connectivity index (χ3n) is 2.16. The molecule has 0 heterocycles. The Hall–Kier alpha value is -1.77. The second-order valence-electron chi connectivity index (χ2n) is 3.07. The zero-order chi connectivity index (χ0) is 14.1. The molecule has 18 heavy (non-hydrogen) atoms. The first kappa shape index (κ1) is 16.2. The molecular formula is C15H17F3. The summed E-state index contributed by atoms with van der Waals surface area (Å²) in [6.07, 6.45) is 0.506. The molecule has 0 saturated carbocycles. The lowest BCUT2D eigenvalue weighted by Crippen LogP contribution is -1.90. The standard InChI is InChI=1S/C13H11F3.C2H6/c1-3-9-7-5-6-8-11(9)10(4-2)12(14)13(15)16;1-2/h3-8H,1H2,2H3;1-2H3/b10-4+;. The molecule has 0 N–H and O–H groups in total. The fourth-order valence-electron chi connectivity index (χ4n) is 1.42. The summed E-state index contributed by atoms with van der Waals surface area (Å²) in [7, 11) is 0. The number of halogens is 3. The number of hydrogen-bond acceptors (Lipinski definition) is 0. The second-order valence-corrected chi connectivity index (χ2v) is 3.07. The van der Waals surface area contributed by atoms with Gasteiger partial charge in [-0.3, -0.25) is 0 Å². The van der Waals surface area contributed by atoms with Gasteiger partial charge in [-0.25, -0.2) is 4.39 Å². The van der Waals surface area contributed by atoms with Crippen molar-refractivity contribution in [2.75, 3.05) is 0 Å². The topological polar surface area (TPSA) is 0 Å². The first-order valence-electron chi connectivity index (χ1n) is 5.71. The maximum Gasteiger partial charge on any atom is 0.306 e. The fourth-order valence-corrected chi connectivity index (χ4v) is 1.42. The van der Waals surface area contributed by atoms with Crippen LogP contribution in [0.1, 0.15) is 31.9 Å². The van der Waals surface area contributed by atoms with Crippen molar-refractivity contribution in [3.63, 3.8) is 0 Å². The molecule has 0 bridgehead atoms. The molecule has 0 fully saturated rings. The van der Waals surface area contributed by atoms with Crippen molar-refractivity contribution in [3.05, 3.63) is 60.0 Å². The maximum atomic E-state index is 13.2. The molecule has 0 aliphatic carbocycles. The van der Waals surface area contributed by atoms with E-state index in [0.717, 1.165) is 0 Å². The summed E-state index contributed by atoms with van der Waals surface area (Å²) in [5.41, 5.74) is 0.910. The van der Waals surface area contributed by atoms with Gasteiger partial charge in [-0.1, -0.05) is 56.8 Å². The summed E-state index contributed by atoms with van der Waals surface area (Å²) >= 11 is 0. The highest BCUT2D eigenvalue weighted by Crippen LogP contribution is 2.30. The largest absolute Gasteiger partial charge is 0.306 e. The van der Waals surface area contributed by atoms with Crippen molar-refractivity contribution in [1.29, 1.82) is 0 Å². The lowest BCUT2D eigenvalue weighted by Gasteiger charge is -2.07. The highest BCUT2D eigenvalue weighted by atomic mass is 19.3. The molecule has 1 aromatic rings. The molecule has 0 nitrogen and oxygen atoms in total. The van der Waals surface area contributed by atoms with E-state index >= 15 is 0 Å². The zero-order valence-electron chi connectivity index (χ0n) is 10.8.